The molecule has 8 nitrogen and oxygen atoms in total. The van der Waals surface area contributed by atoms with E-state index in [4.69, 9.17) is 9.47 Å². The van der Waals surface area contributed by atoms with E-state index in [2.05, 4.69) is 12.2 Å². The van der Waals surface area contributed by atoms with E-state index < -0.39 is 49.1 Å². The fourth-order valence-electron chi connectivity index (χ4n) is 5.45. The fourth-order valence-corrected chi connectivity index (χ4v) is 5.45. The molecule has 1 fully saturated rings. The smallest absolute Gasteiger partial charge is 0.338 e. The van der Waals surface area contributed by atoms with Gasteiger partial charge in [-0.3, -0.25) is 4.79 Å². The van der Waals surface area contributed by atoms with Crippen molar-refractivity contribution in [1.29, 1.82) is 0 Å². The molecule has 0 spiro atoms. The van der Waals surface area contributed by atoms with E-state index >= 15 is 0 Å². The summed E-state index contributed by atoms with van der Waals surface area (Å²) in [4.78, 5) is 26.4. The van der Waals surface area contributed by atoms with Crippen LogP contribution in [0.4, 0.5) is 0 Å². The molecule has 1 heterocycles. The molecule has 1 aliphatic rings. The minimum atomic E-state index is -1.53. The molecule has 2 aromatic carbocycles. The second-order valence-electron chi connectivity index (χ2n) is 11.3. The Labute approximate surface area is 250 Å². The largest absolute Gasteiger partial charge is 0.451 e. The summed E-state index contributed by atoms with van der Waals surface area (Å²) in [6.45, 7) is 1.62. The summed E-state index contributed by atoms with van der Waals surface area (Å²) in [6.07, 6.45) is 6.64. The van der Waals surface area contributed by atoms with Crippen LogP contribution in [0.2, 0.25) is 0 Å². The Morgan fingerprint density at radius 3 is 1.79 bits per heavy atom. The Hall–Kier alpha value is -2.78. The molecule has 1 saturated heterocycles. The van der Waals surface area contributed by atoms with Gasteiger partial charge >= 0.3 is 5.97 Å². The third kappa shape index (κ3) is 10.5. The molecule has 8 heteroatoms. The number of benzene rings is 2. The normalized spacial score (nSPS) is 22.2. The lowest BCUT2D eigenvalue weighted by molar-refractivity contribution is -0.211. The first kappa shape index (κ1) is 33.7. The van der Waals surface area contributed by atoms with Crippen molar-refractivity contribution in [1.82, 2.24) is 5.32 Å². The van der Waals surface area contributed by atoms with Gasteiger partial charge in [0.2, 0.25) is 5.91 Å². The molecule has 0 aliphatic carbocycles. The Morgan fingerprint density at radius 1 is 0.786 bits per heavy atom. The highest BCUT2D eigenvalue weighted by atomic mass is 16.6. The summed E-state index contributed by atoms with van der Waals surface area (Å²) in [5, 5.41) is 33.8. The van der Waals surface area contributed by atoms with Crippen molar-refractivity contribution in [2.24, 2.45) is 0 Å². The van der Waals surface area contributed by atoms with Crippen molar-refractivity contribution in [3.63, 3.8) is 0 Å². The standard InChI is InChI=1S/C34H49NO7/c1-2-3-4-5-6-7-8-9-10-11-18-23-28(37)35-29-31(39)30(38)27(24-36)41-33(29)34(40)42-32(25-19-14-12-15-20-25)26-21-16-13-17-22-26/h12-17,19-22,27,29-33,36,38-39H,2-11,18,23-24H2,1H3,(H,35,37)/t27-,29-,30-,31-,33+/m1/s1. The van der Waals surface area contributed by atoms with Gasteiger partial charge in [0, 0.05) is 6.42 Å². The summed E-state index contributed by atoms with van der Waals surface area (Å²) in [6, 6.07) is 17.2. The van der Waals surface area contributed by atoms with E-state index in [1.807, 2.05) is 60.7 Å². The second-order valence-corrected chi connectivity index (χ2v) is 11.3. The van der Waals surface area contributed by atoms with E-state index in [0.717, 1.165) is 30.4 Å². The lowest BCUT2D eigenvalue weighted by Crippen LogP contribution is -2.66. The number of carbonyl (C=O) groups is 2. The monoisotopic (exact) mass is 583 g/mol. The van der Waals surface area contributed by atoms with E-state index in [1.54, 1.807) is 0 Å². The van der Waals surface area contributed by atoms with Gasteiger partial charge in [-0.1, -0.05) is 132 Å². The first-order valence-electron chi connectivity index (χ1n) is 15.7. The number of hydrogen-bond donors (Lipinski definition) is 4. The van der Waals surface area contributed by atoms with Crippen LogP contribution < -0.4 is 5.32 Å². The Kier molecular flexibility index (Phi) is 15.0. The van der Waals surface area contributed by atoms with Crippen molar-refractivity contribution in [2.75, 3.05) is 6.61 Å². The maximum Gasteiger partial charge on any atom is 0.338 e. The number of hydrogen-bond acceptors (Lipinski definition) is 7. The zero-order valence-corrected chi connectivity index (χ0v) is 24.9. The first-order chi connectivity index (χ1) is 20.5. The van der Waals surface area contributed by atoms with Crippen LogP contribution >= 0.6 is 0 Å². The van der Waals surface area contributed by atoms with Crippen molar-refractivity contribution >= 4 is 11.9 Å². The number of amides is 1. The number of ether oxygens (including phenoxy) is 2. The van der Waals surface area contributed by atoms with E-state index in [-0.39, 0.29) is 12.3 Å². The second kappa shape index (κ2) is 18.7. The average Bonchev–Trinajstić information content (AvgIpc) is 3.01. The van der Waals surface area contributed by atoms with Crippen LogP contribution in [-0.2, 0) is 19.1 Å². The highest BCUT2D eigenvalue weighted by molar-refractivity contribution is 5.80. The topological polar surface area (TPSA) is 125 Å². The lowest BCUT2D eigenvalue weighted by Gasteiger charge is -2.41. The van der Waals surface area contributed by atoms with Crippen molar-refractivity contribution < 1.29 is 34.4 Å². The summed E-state index contributed by atoms with van der Waals surface area (Å²) >= 11 is 0. The van der Waals surface area contributed by atoms with Gasteiger partial charge in [0.05, 0.1) is 12.6 Å². The number of aliphatic hydroxyl groups is 3. The first-order valence-corrected chi connectivity index (χ1v) is 15.7. The Balaban J connectivity index is 1.57. The van der Waals surface area contributed by atoms with Gasteiger partial charge in [-0.15, -0.1) is 0 Å². The molecule has 3 rings (SSSR count). The van der Waals surface area contributed by atoms with Crippen LogP contribution in [0, 0.1) is 0 Å². The van der Waals surface area contributed by atoms with Crippen LogP contribution in [0.5, 0.6) is 0 Å². The molecule has 4 N–H and O–H groups in total. The highest BCUT2D eigenvalue weighted by Crippen LogP contribution is 2.29. The molecule has 1 amide bonds. The minimum Gasteiger partial charge on any atom is -0.451 e. The third-order valence-corrected chi connectivity index (χ3v) is 7.93. The summed E-state index contributed by atoms with van der Waals surface area (Å²) < 4.78 is 11.7. The number of aliphatic hydroxyl groups excluding tert-OH is 3. The maximum atomic E-state index is 13.5. The maximum absolute atomic E-state index is 13.5. The quantitative estimate of drug-likeness (QED) is 0.144. The van der Waals surface area contributed by atoms with E-state index in [9.17, 15) is 24.9 Å². The fraction of sp³-hybridized carbons (Fsp3) is 0.588. The number of unbranched alkanes of at least 4 members (excludes halogenated alkanes) is 10. The molecular weight excluding hydrogens is 534 g/mol. The predicted octanol–water partition coefficient (Wildman–Crippen LogP) is 4.99. The SMILES string of the molecule is CCCCCCCCCCCCCC(=O)N[C@@H]1[C@@H](O)[C@H](O)[C@@H](CO)O[C@@H]1C(=O)OC(c1ccccc1)c1ccccc1. The molecule has 0 bridgehead atoms. The van der Waals surface area contributed by atoms with Crippen LogP contribution in [0.25, 0.3) is 0 Å². The zero-order valence-electron chi connectivity index (χ0n) is 24.9. The highest BCUT2D eigenvalue weighted by Gasteiger charge is 2.49. The molecule has 1 aliphatic heterocycles. The Bertz CT molecular complexity index is 995. The van der Waals surface area contributed by atoms with Gasteiger partial charge in [0.25, 0.3) is 0 Å². The minimum absolute atomic E-state index is 0.234. The molecule has 0 radical (unpaired) electrons. The summed E-state index contributed by atoms with van der Waals surface area (Å²) in [5.41, 5.74) is 1.48. The van der Waals surface area contributed by atoms with Crippen LogP contribution in [0.3, 0.4) is 0 Å². The average molecular weight is 584 g/mol. The van der Waals surface area contributed by atoms with Crippen LogP contribution in [0.1, 0.15) is 101 Å². The third-order valence-electron chi connectivity index (χ3n) is 7.93. The van der Waals surface area contributed by atoms with Crippen molar-refractivity contribution in [3.8, 4) is 0 Å². The zero-order chi connectivity index (χ0) is 30.2. The van der Waals surface area contributed by atoms with Gasteiger partial charge < -0.3 is 30.1 Å². The molecule has 232 valence electrons. The summed E-state index contributed by atoms with van der Waals surface area (Å²) in [7, 11) is 0. The Morgan fingerprint density at radius 2 is 1.29 bits per heavy atom. The molecule has 0 aromatic heterocycles. The molecule has 42 heavy (non-hydrogen) atoms. The molecular formula is C34H49NO7. The van der Waals surface area contributed by atoms with E-state index in [1.165, 1.54) is 44.9 Å². The molecule has 5 atom stereocenters. The van der Waals surface area contributed by atoms with E-state index in [0.29, 0.717) is 6.42 Å². The molecule has 2 aromatic rings. The predicted molar refractivity (Wildman–Crippen MR) is 162 cm³/mol. The summed E-state index contributed by atoms with van der Waals surface area (Å²) in [5.74, 6) is -1.15. The number of carbonyl (C=O) groups excluding carboxylic acids is 2. The molecule has 0 saturated carbocycles. The number of rotatable bonds is 18. The number of nitrogens with one attached hydrogen (secondary N) is 1. The van der Waals surface area contributed by atoms with Gasteiger partial charge in [-0.05, 0) is 17.5 Å². The van der Waals surface area contributed by atoms with Gasteiger partial charge in [0.15, 0.2) is 12.2 Å². The lowest BCUT2D eigenvalue weighted by atomic mass is 9.92. The van der Waals surface area contributed by atoms with Gasteiger partial charge in [-0.2, -0.15) is 0 Å². The van der Waals surface area contributed by atoms with Gasteiger partial charge in [-0.25, -0.2) is 4.79 Å². The van der Waals surface area contributed by atoms with Crippen molar-refractivity contribution in [3.05, 3.63) is 71.8 Å². The van der Waals surface area contributed by atoms with Crippen molar-refractivity contribution in [2.45, 2.75) is 121 Å². The van der Waals surface area contributed by atoms with Gasteiger partial charge in [0.1, 0.15) is 18.3 Å². The van der Waals surface area contributed by atoms with Crippen LogP contribution in [-0.4, -0.2) is 64.3 Å². The van der Waals surface area contributed by atoms with Crippen LogP contribution in [0.15, 0.2) is 60.7 Å². The number of esters is 1. The molecule has 0 unspecified atom stereocenters.